The van der Waals surface area contributed by atoms with Crippen LogP contribution < -0.4 is 0 Å². The number of amides is 1. The molecule has 0 aliphatic carbocycles. The van der Waals surface area contributed by atoms with Crippen molar-refractivity contribution in [2.45, 2.75) is 38.6 Å². The smallest absolute Gasteiger partial charge is 0.328 e. The zero-order valence-corrected chi connectivity index (χ0v) is 10.6. The van der Waals surface area contributed by atoms with Gasteiger partial charge in [-0.15, -0.1) is 0 Å². The molecule has 1 amide bonds. The number of methoxy groups -OCH3 is 1. The molecule has 0 spiro atoms. The lowest BCUT2D eigenvalue weighted by Gasteiger charge is -2.33. The molecule has 5 nitrogen and oxygen atoms in total. The summed E-state index contributed by atoms with van der Waals surface area (Å²) in [5.74, 6) is -0.443. The van der Waals surface area contributed by atoms with Crippen molar-refractivity contribution in [2.24, 2.45) is 0 Å². The van der Waals surface area contributed by atoms with Crippen molar-refractivity contribution in [3.63, 3.8) is 0 Å². The summed E-state index contributed by atoms with van der Waals surface area (Å²) in [5, 5.41) is 0. The Bertz CT molecular complexity index is 267. The summed E-state index contributed by atoms with van der Waals surface area (Å²) in [5.41, 5.74) is 0. The van der Waals surface area contributed by atoms with Crippen LogP contribution in [0.2, 0.25) is 0 Å². The Labute approximate surface area is 102 Å². The van der Waals surface area contributed by atoms with Gasteiger partial charge in [0.1, 0.15) is 12.6 Å². The average Bonchev–Trinajstić information content (AvgIpc) is 2.38. The highest BCUT2D eigenvalue weighted by Crippen LogP contribution is 2.18. The van der Waals surface area contributed by atoms with Crippen LogP contribution in [0.4, 0.5) is 0 Å². The molecule has 0 aromatic carbocycles. The lowest BCUT2D eigenvalue weighted by molar-refractivity contribution is -0.156. The van der Waals surface area contributed by atoms with Gasteiger partial charge in [0, 0.05) is 13.2 Å². The molecule has 1 saturated heterocycles. The summed E-state index contributed by atoms with van der Waals surface area (Å²) in [7, 11) is 1.35. The molecule has 0 aromatic heterocycles. The van der Waals surface area contributed by atoms with Crippen LogP contribution in [0, 0.1) is 0 Å². The van der Waals surface area contributed by atoms with Crippen LogP contribution in [0.15, 0.2) is 0 Å². The minimum atomic E-state index is -0.425. The largest absolute Gasteiger partial charge is 0.467 e. The van der Waals surface area contributed by atoms with E-state index in [-0.39, 0.29) is 18.5 Å². The maximum Gasteiger partial charge on any atom is 0.328 e. The highest BCUT2D eigenvalue weighted by atomic mass is 16.5. The van der Waals surface area contributed by atoms with Gasteiger partial charge in [-0.05, 0) is 25.7 Å². The quantitative estimate of drug-likeness (QED) is 0.533. The van der Waals surface area contributed by atoms with Crippen molar-refractivity contribution in [1.82, 2.24) is 4.90 Å². The Morgan fingerprint density at radius 3 is 2.76 bits per heavy atom. The molecular weight excluding hydrogens is 222 g/mol. The number of ether oxygens (including phenoxy) is 2. The zero-order valence-electron chi connectivity index (χ0n) is 10.6. The number of esters is 1. The van der Waals surface area contributed by atoms with Crippen LogP contribution in [-0.2, 0) is 19.1 Å². The van der Waals surface area contributed by atoms with Crippen LogP contribution >= 0.6 is 0 Å². The van der Waals surface area contributed by atoms with Crippen molar-refractivity contribution >= 4 is 11.9 Å². The van der Waals surface area contributed by atoms with E-state index in [1.807, 2.05) is 6.92 Å². The van der Waals surface area contributed by atoms with E-state index in [0.29, 0.717) is 19.6 Å². The van der Waals surface area contributed by atoms with Gasteiger partial charge in [-0.1, -0.05) is 6.92 Å². The number of piperidine rings is 1. The van der Waals surface area contributed by atoms with E-state index in [0.717, 1.165) is 19.3 Å². The summed E-state index contributed by atoms with van der Waals surface area (Å²) in [6, 6.07) is -0.425. The molecule has 0 N–H and O–H groups in total. The molecule has 5 heteroatoms. The van der Waals surface area contributed by atoms with Crippen molar-refractivity contribution < 1.29 is 19.1 Å². The van der Waals surface area contributed by atoms with Crippen molar-refractivity contribution in [1.29, 1.82) is 0 Å². The Kier molecular flexibility index (Phi) is 5.97. The minimum absolute atomic E-state index is 0.0569. The highest BCUT2D eigenvalue weighted by Gasteiger charge is 2.32. The van der Waals surface area contributed by atoms with Crippen LogP contribution in [-0.4, -0.2) is 49.7 Å². The van der Waals surface area contributed by atoms with E-state index in [1.54, 1.807) is 4.90 Å². The maximum atomic E-state index is 11.9. The van der Waals surface area contributed by atoms with Crippen LogP contribution in [0.1, 0.15) is 32.6 Å². The molecule has 1 heterocycles. The van der Waals surface area contributed by atoms with E-state index in [2.05, 4.69) is 0 Å². The monoisotopic (exact) mass is 243 g/mol. The summed E-state index contributed by atoms with van der Waals surface area (Å²) in [4.78, 5) is 25.0. The number of likely N-dealkylation sites (tertiary alicyclic amines) is 1. The van der Waals surface area contributed by atoms with Crippen molar-refractivity contribution in [3.05, 3.63) is 0 Å². The van der Waals surface area contributed by atoms with Gasteiger partial charge in [0.15, 0.2) is 0 Å². The number of hydrogen-bond acceptors (Lipinski definition) is 4. The van der Waals surface area contributed by atoms with Crippen LogP contribution in [0.3, 0.4) is 0 Å². The molecule has 1 fully saturated rings. The molecular formula is C12H21NO4. The lowest BCUT2D eigenvalue weighted by atomic mass is 10.0. The second kappa shape index (κ2) is 7.27. The van der Waals surface area contributed by atoms with Gasteiger partial charge in [-0.2, -0.15) is 0 Å². The lowest BCUT2D eigenvalue weighted by Crippen LogP contribution is -2.49. The fraction of sp³-hybridized carbons (Fsp3) is 0.833. The van der Waals surface area contributed by atoms with Gasteiger partial charge in [-0.25, -0.2) is 4.79 Å². The normalized spacial score (nSPS) is 20.1. The summed E-state index contributed by atoms with van der Waals surface area (Å²) >= 11 is 0. The first kappa shape index (κ1) is 14.0. The predicted octanol–water partition coefficient (Wildman–Crippen LogP) is 0.967. The minimum Gasteiger partial charge on any atom is -0.467 e. The van der Waals surface area contributed by atoms with Crippen LogP contribution in [0.5, 0.6) is 0 Å². The molecule has 1 atom stereocenters. The Hall–Kier alpha value is -1.10. The Balaban J connectivity index is 2.52. The average molecular weight is 243 g/mol. The second-order valence-corrected chi connectivity index (χ2v) is 4.17. The zero-order chi connectivity index (χ0) is 12.7. The van der Waals surface area contributed by atoms with Gasteiger partial charge in [0.05, 0.1) is 7.11 Å². The fourth-order valence-electron chi connectivity index (χ4n) is 2.00. The first-order chi connectivity index (χ1) is 8.20. The number of rotatable bonds is 5. The molecule has 0 saturated carbocycles. The van der Waals surface area contributed by atoms with E-state index >= 15 is 0 Å². The highest BCUT2D eigenvalue weighted by molar-refractivity contribution is 5.85. The molecule has 0 radical (unpaired) electrons. The fourth-order valence-corrected chi connectivity index (χ4v) is 2.00. The number of carbonyl (C=O) groups is 2. The third kappa shape index (κ3) is 4.00. The van der Waals surface area contributed by atoms with Crippen molar-refractivity contribution in [2.75, 3.05) is 26.9 Å². The molecule has 1 rings (SSSR count). The van der Waals surface area contributed by atoms with Crippen LogP contribution in [0.25, 0.3) is 0 Å². The SMILES string of the molecule is CCCOCC(=O)N1CCCC[C@@H]1C(=O)OC. The standard InChI is InChI=1S/C12H21NO4/c1-3-8-17-9-11(14)13-7-5-4-6-10(13)12(15)16-2/h10H,3-9H2,1-2H3/t10-/m1/s1. The Morgan fingerprint density at radius 2 is 2.12 bits per heavy atom. The topological polar surface area (TPSA) is 55.8 Å². The van der Waals surface area contributed by atoms with E-state index in [9.17, 15) is 9.59 Å². The molecule has 17 heavy (non-hydrogen) atoms. The van der Waals surface area contributed by atoms with Gasteiger partial charge < -0.3 is 14.4 Å². The van der Waals surface area contributed by atoms with Gasteiger partial charge in [0.25, 0.3) is 0 Å². The molecule has 1 aliphatic heterocycles. The first-order valence-corrected chi connectivity index (χ1v) is 6.15. The third-order valence-corrected chi connectivity index (χ3v) is 2.87. The third-order valence-electron chi connectivity index (χ3n) is 2.87. The van der Waals surface area contributed by atoms with Gasteiger partial charge in [-0.3, -0.25) is 4.79 Å². The predicted molar refractivity (Wildman–Crippen MR) is 62.5 cm³/mol. The molecule has 0 aromatic rings. The van der Waals surface area contributed by atoms with Gasteiger partial charge in [0.2, 0.25) is 5.91 Å². The second-order valence-electron chi connectivity index (χ2n) is 4.17. The Morgan fingerprint density at radius 1 is 1.35 bits per heavy atom. The molecule has 98 valence electrons. The number of nitrogens with zero attached hydrogens (tertiary/aromatic N) is 1. The van der Waals surface area contributed by atoms with E-state index in [4.69, 9.17) is 9.47 Å². The summed E-state index contributed by atoms with van der Waals surface area (Å²) in [6.07, 6.45) is 3.46. The first-order valence-electron chi connectivity index (χ1n) is 6.15. The summed E-state index contributed by atoms with van der Waals surface area (Å²) in [6.45, 7) is 3.24. The van der Waals surface area contributed by atoms with Gasteiger partial charge >= 0.3 is 5.97 Å². The number of hydrogen-bond donors (Lipinski definition) is 0. The molecule has 1 aliphatic rings. The summed E-state index contributed by atoms with van der Waals surface area (Å²) < 4.78 is 9.94. The molecule has 0 unspecified atom stereocenters. The van der Waals surface area contributed by atoms with Crippen molar-refractivity contribution in [3.8, 4) is 0 Å². The molecule has 0 bridgehead atoms. The maximum absolute atomic E-state index is 11.9. The number of carbonyl (C=O) groups excluding carboxylic acids is 2. The van der Waals surface area contributed by atoms with E-state index < -0.39 is 6.04 Å². The van der Waals surface area contributed by atoms with E-state index in [1.165, 1.54) is 7.11 Å².